The van der Waals surface area contributed by atoms with E-state index in [9.17, 15) is 43.2 Å². The minimum absolute atomic E-state index is 0.0665. The van der Waals surface area contributed by atoms with E-state index in [0.29, 0.717) is 32.1 Å². The molecule has 0 saturated heterocycles. The standard InChI is InChI=1S/C87H146O17P2/c1-5-9-13-17-21-25-29-33-37-39-40-42-46-48-52-56-60-64-68-72-85(90)98-78-83(104-87(92)74-70-66-62-58-54-50-44-36-32-28-24-20-16-12-8-4)80-102-106(95,96)100-76-81(88)75-99-105(93,94)101-79-82(103-86(91)73-69-65-61-57-53-49-43-35-31-27-23-19-15-11-7-3)77-97-84(89)71-67-63-59-55-51-47-45-41-38-34-30-26-22-18-14-10-6-2/h9-10,13-14,21-22,24-26,28,33-34,36-38,40,42,44-45,47-48,52,55,59,81-83,88H,5-8,11-12,15-20,23,27,29-32,35,39,41,43,46,49-51,53-54,56-58,60-80H2,1-4H3,(H,93,94)(H,95,96)/b13-9-,14-10-,25-21-,26-22-,28-24-,37-33-,38-34-,42-40-,44-36-,47-45-,52-48-,59-55-. The topological polar surface area (TPSA) is 237 Å². The van der Waals surface area contributed by atoms with Crippen molar-refractivity contribution in [1.29, 1.82) is 0 Å². The lowest BCUT2D eigenvalue weighted by atomic mass is 10.0. The van der Waals surface area contributed by atoms with Gasteiger partial charge in [-0.25, -0.2) is 9.13 Å². The van der Waals surface area contributed by atoms with Crippen LogP contribution in [-0.2, 0) is 65.4 Å². The molecule has 0 aromatic rings. The van der Waals surface area contributed by atoms with Gasteiger partial charge in [0.1, 0.15) is 19.3 Å². The van der Waals surface area contributed by atoms with Gasteiger partial charge in [-0.15, -0.1) is 0 Å². The summed E-state index contributed by atoms with van der Waals surface area (Å²) < 4.78 is 68.6. The average molecular weight is 1530 g/mol. The minimum Gasteiger partial charge on any atom is -0.462 e. The van der Waals surface area contributed by atoms with E-state index in [2.05, 4.69) is 161 Å². The van der Waals surface area contributed by atoms with Crippen LogP contribution in [0.4, 0.5) is 0 Å². The number of unbranched alkanes of at least 4 members (excludes halogenated alkanes) is 26. The normalized spacial score (nSPS) is 14.6. The van der Waals surface area contributed by atoms with Gasteiger partial charge in [0.05, 0.1) is 26.4 Å². The molecule has 5 atom stereocenters. The molecule has 3 N–H and O–H groups in total. The number of carbonyl (C=O) groups excluding carboxylic acids is 4. The molecule has 0 radical (unpaired) electrons. The molecule has 17 nitrogen and oxygen atoms in total. The van der Waals surface area contributed by atoms with Crippen molar-refractivity contribution in [2.75, 3.05) is 39.6 Å². The molecule has 0 aliphatic heterocycles. The molecule has 0 aliphatic carbocycles. The lowest BCUT2D eigenvalue weighted by molar-refractivity contribution is -0.161. The fourth-order valence-corrected chi connectivity index (χ4v) is 12.2. The van der Waals surface area contributed by atoms with Gasteiger partial charge in [-0.05, 0) is 141 Å². The predicted octanol–water partition coefficient (Wildman–Crippen LogP) is 24.2. The molecule has 0 rings (SSSR count). The summed E-state index contributed by atoms with van der Waals surface area (Å²) in [7, 11) is -9.99. The van der Waals surface area contributed by atoms with Crippen LogP contribution in [0.5, 0.6) is 0 Å². The van der Waals surface area contributed by atoms with Crippen LogP contribution in [0.2, 0.25) is 0 Å². The van der Waals surface area contributed by atoms with Crippen molar-refractivity contribution in [2.45, 2.75) is 341 Å². The first-order valence-corrected chi connectivity index (χ1v) is 44.1. The van der Waals surface area contributed by atoms with E-state index in [1.54, 1.807) is 0 Å². The quantitative estimate of drug-likeness (QED) is 0.0169. The number of phosphoric ester groups is 2. The highest BCUT2D eigenvalue weighted by molar-refractivity contribution is 7.47. The van der Waals surface area contributed by atoms with Gasteiger partial charge in [-0.2, -0.15) is 0 Å². The summed E-state index contributed by atoms with van der Waals surface area (Å²) in [5, 5.41) is 10.7. The monoisotopic (exact) mass is 1530 g/mol. The molecule has 0 amide bonds. The van der Waals surface area contributed by atoms with E-state index in [-0.39, 0.29) is 25.7 Å². The first-order chi connectivity index (χ1) is 51.7. The van der Waals surface area contributed by atoms with Crippen LogP contribution in [0.3, 0.4) is 0 Å². The molecule has 0 spiro atoms. The third-order valence-electron chi connectivity index (χ3n) is 16.8. The summed E-state index contributed by atoms with van der Waals surface area (Å²) in [4.78, 5) is 73.1. The van der Waals surface area contributed by atoms with Crippen LogP contribution in [0.25, 0.3) is 0 Å². The lowest BCUT2D eigenvalue weighted by Crippen LogP contribution is -2.30. The Hall–Kier alpha value is -5.06. The Balaban J connectivity index is 5.45. The highest BCUT2D eigenvalue weighted by atomic mass is 31.2. The molecule has 19 heteroatoms. The van der Waals surface area contributed by atoms with E-state index in [0.717, 1.165) is 154 Å². The smallest absolute Gasteiger partial charge is 0.462 e. The van der Waals surface area contributed by atoms with Gasteiger partial charge in [-0.3, -0.25) is 37.3 Å². The van der Waals surface area contributed by atoms with Crippen molar-refractivity contribution < 1.29 is 80.2 Å². The van der Waals surface area contributed by atoms with E-state index in [4.69, 9.17) is 37.0 Å². The average Bonchev–Trinajstić information content (AvgIpc) is 0.909. The van der Waals surface area contributed by atoms with Crippen LogP contribution in [0, 0.1) is 0 Å². The largest absolute Gasteiger partial charge is 0.472 e. The Labute approximate surface area is 643 Å². The second-order valence-corrected chi connectivity index (χ2v) is 29.9. The summed E-state index contributed by atoms with van der Waals surface area (Å²) in [5.41, 5.74) is 0. The van der Waals surface area contributed by atoms with E-state index < -0.39 is 97.5 Å². The van der Waals surface area contributed by atoms with Gasteiger partial charge in [0.25, 0.3) is 0 Å². The van der Waals surface area contributed by atoms with E-state index in [1.807, 2.05) is 12.2 Å². The molecule has 0 heterocycles. The second-order valence-electron chi connectivity index (χ2n) is 27.0. The van der Waals surface area contributed by atoms with E-state index in [1.165, 1.54) is 83.5 Å². The van der Waals surface area contributed by atoms with Crippen molar-refractivity contribution in [1.82, 2.24) is 0 Å². The summed E-state index contributed by atoms with van der Waals surface area (Å²) >= 11 is 0. The van der Waals surface area contributed by atoms with Crippen molar-refractivity contribution in [3.8, 4) is 0 Å². The van der Waals surface area contributed by atoms with Crippen LogP contribution < -0.4 is 0 Å². The second kappa shape index (κ2) is 78.1. The Morgan fingerprint density at radius 2 is 0.500 bits per heavy atom. The van der Waals surface area contributed by atoms with Gasteiger partial charge in [0.2, 0.25) is 0 Å². The zero-order valence-corrected chi connectivity index (χ0v) is 68.1. The maximum absolute atomic E-state index is 13.1. The Bertz CT molecular complexity index is 2580. The number of phosphoric acid groups is 2. The molecule has 0 fully saturated rings. The molecule has 606 valence electrons. The van der Waals surface area contributed by atoms with Gasteiger partial charge < -0.3 is 33.8 Å². The maximum atomic E-state index is 13.1. The number of ether oxygens (including phenoxy) is 4. The molecule has 5 unspecified atom stereocenters. The number of allylic oxidation sites excluding steroid dienone is 24. The van der Waals surface area contributed by atoms with Crippen LogP contribution in [0.15, 0.2) is 146 Å². The van der Waals surface area contributed by atoms with E-state index >= 15 is 0 Å². The third-order valence-corrected chi connectivity index (χ3v) is 18.7. The number of aliphatic hydroxyl groups excluding tert-OH is 1. The molecule has 0 aliphatic rings. The van der Waals surface area contributed by atoms with Gasteiger partial charge in [0.15, 0.2) is 12.2 Å². The maximum Gasteiger partial charge on any atom is 0.472 e. The molecule has 0 bridgehead atoms. The van der Waals surface area contributed by atoms with Gasteiger partial charge >= 0.3 is 39.5 Å². The molecular formula is C87H146O17P2. The number of hydrogen-bond acceptors (Lipinski definition) is 15. The highest BCUT2D eigenvalue weighted by Gasteiger charge is 2.30. The lowest BCUT2D eigenvalue weighted by Gasteiger charge is -2.21. The van der Waals surface area contributed by atoms with Crippen LogP contribution in [-0.4, -0.2) is 96.7 Å². The van der Waals surface area contributed by atoms with Crippen molar-refractivity contribution >= 4 is 39.5 Å². The van der Waals surface area contributed by atoms with Crippen LogP contribution in [0.1, 0.15) is 323 Å². The summed E-state index contributed by atoms with van der Waals surface area (Å²) in [6, 6.07) is 0. The summed E-state index contributed by atoms with van der Waals surface area (Å²) in [6.07, 6.45) is 89.7. The predicted molar refractivity (Wildman–Crippen MR) is 436 cm³/mol. The number of aliphatic hydroxyl groups is 1. The highest BCUT2D eigenvalue weighted by Crippen LogP contribution is 2.45. The zero-order chi connectivity index (χ0) is 77.4. The van der Waals surface area contributed by atoms with Gasteiger partial charge in [-0.1, -0.05) is 302 Å². The Morgan fingerprint density at radius 3 is 0.821 bits per heavy atom. The first kappa shape index (κ1) is 101. The number of hydrogen-bond donors (Lipinski definition) is 3. The zero-order valence-electron chi connectivity index (χ0n) is 66.3. The molecule has 0 aromatic heterocycles. The third kappa shape index (κ3) is 77.1. The van der Waals surface area contributed by atoms with Crippen molar-refractivity contribution in [3.63, 3.8) is 0 Å². The minimum atomic E-state index is -5.00. The number of carbonyl (C=O) groups is 4. The molecular weight excluding hydrogens is 1380 g/mol. The summed E-state index contributed by atoms with van der Waals surface area (Å²) in [5.74, 6) is -2.29. The summed E-state index contributed by atoms with van der Waals surface area (Å²) in [6.45, 7) is 4.53. The number of rotatable bonds is 76. The number of esters is 4. The van der Waals surface area contributed by atoms with Crippen LogP contribution >= 0.6 is 15.6 Å². The molecule has 0 saturated carbocycles. The fourth-order valence-electron chi connectivity index (χ4n) is 10.6. The Kier molecular flexibility index (Phi) is 74.3. The molecule has 0 aromatic carbocycles. The van der Waals surface area contributed by atoms with Crippen molar-refractivity contribution in [3.05, 3.63) is 146 Å². The SMILES string of the molecule is CC/C=C\C/C=C\C/C=C\C/C=C\C/C=C\CCCCCC(=O)OCC(COP(=O)(O)OCC(O)COP(=O)(O)OCC(COC(=O)CCC/C=C\C/C=C\C/C=C\C/C=C\C/C=C\CC)OC(=O)CCCCCCCCCCCCCCCCC)OC(=O)CCCCCCC/C=C\C/C=C\CCCCC. The van der Waals surface area contributed by atoms with Gasteiger partial charge in [0, 0.05) is 25.7 Å². The fraction of sp³-hybridized carbons (Fsp3) is 0.678. The molecule has 106 heavy (non-hydrogen) atoms. The first-order valence-electron chi connectivity index (χ1n) is 41.1. The Morgan fingerprint density at radius 1 is 0.274 bits per heavy atom. The van der Waals surface area contributed by atoms with Crippen molar-refractivity contribution in [2.24, 2.45) is 0 Å².